The Labute approximate surface area is 96.6 Å². The highest BCUT2D eigenvalue weighted by atomic mass is 16.5. The number of benzene rings is 1. The van der Waals surface area contributed by atoms with Crippen LogP contribution in [0.5, 0.6) is 0 Å². The Morgan fingerprint density at radius 1 is 1.31 bits per heavy atom. The van der Waals surface area contributed by atoms with Crippen LogP contribution >= 0.6 is 0 Å². The molecule has 0 aliphatic carbocycles. The van der Waals surface area contributed by atoms with E-state index in [1.807, 2.05) is 20.8 Å². The highest BCUT2D eigenvalue weighted by molar-refractivity contribution is 5.77. The summed E-state index contributed by atoms with van der Waals surface area (Å²) in [6.07, 6.45) is 0. The van der Waals surface area contributed by atoms with E-state index in [1.54, 1.807) is 6.92 Å². The minimum Gasteiger partial charge on any atom is -0.461 e. The molecule has 3 N–H and O–H groups in total. The molecule has 0 amide bonds. The Morgan fingerprint density at radius 3 is 2.25 bits per heavy atom. The van der Waals surface area contributed by atoms with Crippen molar-refractivity contribution in [2.45, 2.75) is 33.7 Å². The molecule has 0 fully saturated rings. The Balaban J connectivity index is 3.08. The number of quaternary nitrogens is 1. The van der Waals surface area contributed by atoms with Crippen LogP contribution in [0.1, 0.15) is 35.2 Å². The van der Waals surface area contributed by atoms with Gasteiger partial charge in [0.25, 0.3) is 0 Å². The van der Waals surface area contributed by atoms with Crippen molar-refractivity contribution in [2.24, 2.45) is 0 Å². The molecular weight excluding hydrogens is 202 g/mol. The number of aryl methyl sites for hydroxylation is 3. The third-order valence-electron chi connectivity index (χ3n) is 2.66. The van der Waals surface area contributed by atoms with E-state index in [9.17, 15) is 4.79 Å². The molecular formula is C13H20NO2+. The van der Waals surface area contributed by atoms with E-state index in [1.165, 1.54) is 5.56 Å². The molecule has 3 heteroatoms. The van der Waals surface area contributed by atoms with Crippen LogP contribution in [0.4, 0.5) is 0 Å². The predicted octanol–water partition coefficient (Wildman–Crippen LogP) is 1.46. The van der Waals surface area contributed by atoms with Gasteiger partial charge in [-0.15, -0.1) is 0 Å². The van der Waals surface area contributed by atoms with Crippen LogP contribution in [0, 0.1) is 20.8 Å². The molecule has 1 aromatic carbocycles. The van der Waals surface area contributed by atoms with E-state index >= 15 is 0 Å². The molecule has 88 valence electrons. The van der Waals surface area contributed by atoms with Gasteiger partial charge in [-0.05, 0) is 38.8 Å². The average Bonchev–Trinajstić information content (AvgIpc) is 2.16. The van der Waals surface area contributed by atoms with Crippen LogP contribution in [0.15, 0.2) is 12.1 Å². The number of rotatable bonds is 3. The number of esters is 1. The molecule has 0 radical (unpaired) electrons. The van der Waals surface area contributed by atoms with Crippen molar-refractivity contribution in [3.8, 4) is 0 Å². The van der Waals surface area contributed by atoms with Crippen LogP contribution in [0.25, 0.3) is 0 Å². The zero-order chi connectivity index (χ0) is 12.3. The van der Waals surface area contributed by atoms with Crippen LogP contribution in [0.3, 0.4) is 0 Å². The summed E-state index contributed by atoms with van der Waals surface area (Å²) in [6, 6.07) is 3.71. The maximum absolute atomic E-state index is 11.6. The SMILES string of the molecule is CCOC(=O)[C@H]([NH3+])c1c(C)cc(C)cc1C. The number of hydrogen-bond donors (Lipinski definition) is 1. The van der Waals surface area contributed by atoms with Gasteiger partial charge in [-0.1, -0.05) is 17.7 Å². The van der Waals surface area contributed by atoms with E-state index in [0.29, 0.717) is 6.61 Å². The molecule has 0 saturated carbocycles. The van der Waals surface area contributed by atoms with Crippen molar-refractivity contribution in [2.75, 3.05) is 6.61 Å². The lowest BCUT2D eigenvalue weighted by Gasteiger charge is -2.14. The molecule has 0 aliphatic rings. The van der Waals surface area contributed by atoms with E-state index in [-0.39, 0.29) is 5.97 Å². The lowest BCUT2D eigenvalue weighted by atomic mass is 9.94. The first-order chi connectivity index (χ1) is 7.47. The van der Waals surface area contributed by atoms with Gasteiger partial charge in [0.2, 0.25) is 6.04 Å². The first kappa shape index (κ1) is 12.7. The molecule has 16 heavy (non-hydrogen) atoms. The zero-order valence-corrected chi connectivity index (χ0v) is 10.5. The number of carbonyl (C=O) groups excluding carboxylic acids is 1. The highest BCUT2D eigenvalue weighted by Gasteiger charge is 2.24. The summed E-state index contributed by atoms with van der Waals surface area (Å²) in [5, 5.41) is 0. The standard InChI is InChI=1S/C13H19NO2/c1-5-16-13(15)12(14)11-9(3)6-8(2)7-10(11)4/h6-7,12H,5,14H2,1-4H3/p+1/t12-/m1/s1. The molecule has 1 rings (SSSR count). The van der Waals surface area contributed by atoms with E-state index in [2.05, 4.69) is 17.9 Å². The molecule has 0 aromatic heterocycles. The fourth-order valence-electron chi connectivity index (χ4n) is 2.10. The first-order valence-corrected chi connectivity index (χ1v) is 5.54. The summed E-state index contributed by atoms with van der Waals surface area (Å²) in [5.74, 6) is -0.252. The topological polar surface area (TPSA) is 53.9 Å². The molecule has 0 spiro atoms. The fraction of sp³-hybridized carbons (Fsp3) is 0.462. The first-order valence-electron chi connectivity index (χ1n) is 5.54. The van der Waals surface area contributed by atoms with Crippen molar-refractivity contribution < 1.29 is 15.3 Å². The van der Waals surface area contributed by atoms with E-state index in [4.69, 9.17) is 4.74 Å². The van der Waals surface area contributed by atoms with Gasteiger partial charge in [-0.2, -0.15) is 0 Å². The lowest BCUT2D eigenvalue weighted by Crippen LogP contribution is -2.58. The highest BCUT2D eigenvalue weighted by Crippen LogP contribution is 2.21. The Bertz CT molecular complexity index is 376. The fourth-order valence-corrected chi connectivity index (χ4v) is 2.10. The van der Waals surface area contributed by atoms with Crippen LogP contribution in [-0.2, 0) is 9.53 Å². The largest absolute Gasteiger partial charge is 0.461 e. The summed E-state index contributed by atoms with van der Waals surface area (Å²) in [6.45, 7) is 8.26. The van der Waals surface area contributed by atoms with Crippen molar-refractivity contribution in [3.63, 3.8) is 0 Å². The Kier molecular flexibility index (Phi) is 4.07. The quantitative estimate of drug-likeness (QED) is 0.787. The summed E-state index contributed by atoms with van der Waals surface area (Å²) in [4.78, 5) is 11.6. The zero-order valence-electron chi connectivity index (χ0n) is 10.5. The van der Waals surface area contributed by atoms with Gasteiger partial charge in [0, 0.05) is 5.56 Å². The second-order valence-corrected chi connectivity index (χ2v) is 4.12. The van der Waals surface area contributed by atoms with Crippen molar-refractivity contribution in [1.29, 1.82) is 0 Å². The second kappa shape index (κ2) is 5.12. The third-order valence-corrected chi connectivity index (χ3v) is 2.66. The number of ether oxygens (including phenoxy) is 1. The monoisotopic (exact) mass is 222 g/mol. The molecule has 0 heterocycles. The smallest absolute Gasteiger partial charge is 0.369 e. The molecule has 0 bridgehead atoms. The van der Waals surface area contributed by atoms with Crippen molar-refractivity contribution >= 4 is 5.97 Å². The minimum absolute atomic E-state index is 0.252. The summed E-state index contributed by atoms with van der Waals surface area (Å²) < 4.78 is 5.00. The van der Waals surface area contributed by atoms with Gasteiger partial charge >= 0.3 is 5.97 Å². The second-order valence-electron chi connectivity index (χ2n) is 4.12. The van der Waals surface area contributed by atoms with Gasteiger partial charge in [0.15, 0.2) is 0 Å². The van der Waals surface area contributed by atoms with Crippen LogP contribution in [-0.4, -0.2) is 12.6 Å². The van der Waals surface area contributed by atoms with Crippen molar-refractivity contribution in [3.05, 3.63) is 34.4 Å². The van der Waals surface area contributed by atoms with E-state index in [0.717, 1.165) is 16.7 Å². The molecule has 1 atom stereocenters. The summed E-state index contributed by atoms with van der Waals surface area (Å²) in [5.41, 5.74) is 8.30. The number of carbonyl (C=O) groups is 1. The maximum atomic E-state index is 11.6. The minimum atomic E-state index is -0.430. The molecule has 1 aromatic rings. The summed E-state index contributed by atoms with van der Waals surface area (Å²) >= 11 is 0. The van der Waals surface area contributed by atoms with Gasteiger partial charge in [-0.3, -0.25) is 0 Å². The van der Waals surface area contributed by atoms with Gasteiger partial charge < -0.3 is 10.5 Å². The Morgan fingerprint density at radius 2 is 1.81 bits per heavy atom. The average molecular weight is 222 g/mol. The van der Waals surface area contributed by atoms with Crippen LogP contribution in [0.2, 0.25) is 0 Å². The van der Waals surface area contributed by atoms with Crippen molar-refractivity contribution in [1.82, 2.24) is 0 Å². The Hall–Kier alpha value is -1.35. The van der Waals surface area contributed by atoms with Gasteiger partial charge in [-0.25, -0.2) is 4.79 Å². The molecule has 0 unspecified atom stereocenters. The normalized spacial score (nSPS) is 12.3. The van der Waals surface area contributed by atoms with Gasteiger partial charge in [0.1, 0.15) is 0 Å². The van der Waals surface area contributed by atoms with Crippen LogP contribution < -0.4 is 5.73 Å². The molecule has 3 nitrogen and oxygen atoms in total. The summed E-state index contributed by atoms with van der Waals surface area (Å²) in [7, 11) is 0. The van der Waals surface area contributed by atoms with Gasteiger partial charge in [0.05, 0.1) is 6.61 Å². The number of hydrogen-bond acceptors (Lipinski definition) is 2. The van der Waals surface area contributed by atoms with E-state index < -0.39 is 6.04 Å². The molecule has 0 saturated heterocycles. The third kappa shape index (κ3) is 2.61. The lowest BCUT2D eigenvalue weighted by molar-refractivity contribution is -0.414. The molecule has 0 aliphatic heterocycles. The maximum Gasteiger partial charge on any atom is 0.369 e. The predicted molar refractivity (Wildman–Crippen MR) is 62.9 cm³/mol.